The van der Waals surface area contributed by atoms with Crippen LogP contribution in [0.4, 0.5) is 0 Å². The standard InChI is InChI=1S/C12H18O2Si/c1-8-5-10(13)9-7-12(15(2,3)4)14-11(9)6-8/h7-8H,5-6H2,1-4H3. The second-order valence-corrected chi connectivity index (χ2v) is 10.6. The molecule has 0 amide bonds. The highest BCUT2D eigenvalue weighted by atomic mass is 28.3. The SMILES string of the molecule is CC1CC(=O)c2cc([Si](C)(C)C)oc2C1. The predicted octanol–water partition coefficient (Wildman–Crippen LogP) is 2.59. The van der Waals surface area contributed by atoms with E-state index in [9.17, 15) is 4.79 Å². The molecule has 1 aliphatic rings. The van der Waals surface area contributed by atoms with Gasteiger partial charge in [-0.2, -0.15) is 0 Å². The van der Waals surface area contributed by atoms with Crippen LogP contribution in [0.25, 0.3) is 0 Å². The fourth-order valence-corrected chi connectivity index (χ4v) is 3.01. The zero-order chi connectivity index (χ0) is 11.2. The molecular weight excluding hydrogens is 204 g/mol. The lowest BCUT2D eigenvalue weighted by molar-refractivity contribution is 0.0949. The minimum atomic E-state index is -1.42. The van der Waals surface area contributed by atoms with Crippen molar-refractivity contribution in [3.8, 4) is 0 Å². The Kier molecular flexibility index (Phi) is 2.38. The van der Waals surface area contributed by atoms with Crippen LogP contribution in [0.2, 0.25) is 19.6 Å². The Labute approximate surface area is 91.7 Å². The molecule has 0 bridgehead atoms. The van der Waals surface area contributed by atoms with Crippen molar-refractivity contribution >= 4 is 19.2 Å². The molecule has 15 heavy (non-hydrogen) atoms. The topological polar surface area (TPSA) is 30.2 Å². The quantitative estimate of drug-likeness (QED) is 0.684. The molecule has 0 aromatic carbocycles. The van der Waals surface area contributed by atoms with Crippen molar-refractivity contribution in [2.45, 2.75) is 39.4 Å². The van der Waals surface area contributed by atoms with Crippen LogP contribution < -0.4 is 5.38 Å². The molecular formula is C12H18O2Si. The molecule has 1 unspecified atom stereocenters. The lowest BCUT2D eigenvalue weighted by Gasteiger charge is -2.15. The monoisotopic (exact) mass is 222 g/mol. The van der Waals surface area contributed by atoms with Crippen molar-refractivity contribution in [1.29, 1.82) is 0 Å². The smallest absolute Gasteiger partial charge is 0.166 e. The Morgan fingerprint density at radius 1 is 1.33 bits per heavy atom. The first kappa shape index (κ1) is 10.7. The van der Waals surface area contributed by atoms with Crippen LogP contribution in [0.15, 0.2) is 10.5 Å². The van der Waals surface area contributed by atoms with E-state index >= 15 is 0 Å². The molecule has 0 spiro atoms. The maximum absolute atomic E-state index is 11.8. The average molecular weight is 222 g/mol. The van der Waals surface area contributed by atoms with Gasteiger partial charge in [0.2, 0.25) is 0 Å². The van der Waals surface area contributed by atoms with Gasteiger partial charge in [0.1, 0.15) is 13.8 Å². The fourth-order valence-electron chi connectivity index (χ4n) is 2.00. The van der Waals surface area contributed by atoms with E-state index in [1.807, 2.05) is 6.07 Å². The largest absolute Gasteiger partial charge is 0.470 e. The number of rotatable bonds is 1. The van der Waals surface area contributed by atoms with Gasteiger partial charge in [0, 0.05) is 12.8 Å². The molecule has 1 aromatic heterocycles. The number of carbonyl (C=O) groups excluding carboxylic acids is 1. The van der Waals surface area contributed by atoms with Crippen molar-refractivity contribution < 1.29 is 9.21 Å². The van der Waals surface area contributed by atoms with Crippen LogP contribution >= 0.6 is 0 Å². The second-order valence-electron chi connectivity index (χ2n) is 5.63. The van der Waals surface area contributed by atoms with E-state index in [2.05, 4.69) is 26.6 Å². The van der Waals surface area contributed by atoms with Gasteiger partial charge in [-0.25, -0.2) is 0 Å². The normalized spacial score (nSPS) is 21.6. The van der Waals surface area contributed by atoms with Gasteiger partial charge in [0.05, 0.1) is 10.9 Å². The highest BCUT2D eigenvalue weighted by molar-refractivity contribution is 6.87. The first-order chi connectivity index (χ1) is 6.88. The number of hydrogen-bond acceptors (Lipinski definition) is 2. The molecule has 0 fully saturated rings. The molecule has 1 atom stereocenters. The number of ketones is 1. The molecule has 0 saturated heterocycles. The van der Waals surface area contributed by atoms with Crippen molar-refractivity contribution in [2.24, 2.45) is 5.92 Å². The first-order valence-electron chi connectivity index (χ1n) is 5.54. The average Bonchev–Trinajstić information content (AvgIpc) is 2.46. The molecule has 1 aliphatic carbocycles. The third-order valence-corrected chi connectivity index (χ3v) is 4.64. The Morgan fingerprint density at radius 3 is 2.60 bits per heavy atom. The molecule has 0 N–H and O–H groups in total. The van der Waals surface area contributed by atoms with Crippen molar-refractivity contribution in [2.75, 3.05) is 0 Å². The maximum atomic E-state index is 11.8. The van der Waals surface area contributed by atoms with Crippen LogP contribution in [0.5, 0.6) is 0 Å². The Hall–Kier alpha value is -0.833. The molecule has 0 radical (unpaired) electrons. The van der Waals surface area contributed by atoms with Gasteiger partial charge >= 0.3 is 0 Å². The van der Waals surface area contributed by atoms with Crippen molar-refractivity contribution in [3.63, 3.8) is 0 Å². The fraction of sp³-hybridized carbons (Fsp3) is 0.583. The van der Waals surface area contributed by atoms with E-state index in [0.29, 0.717) is 12.3 Å². The van der Waals surface area contributed by atoms with Gasteiger partial charge in [-0.15, -0.1) is 0 Å². The van der Waals surface area contributed by atoms with Gasteiger partial charge in [-0.3, -0.25) is 4.79 Å². The van der Waals surface area contributed by atoms with Crippen molar-refractivity contribution in [3.05, 3.63) is 17.4 Å². The summed E-state index contributed by atoms with van der Waals surface area (Å²) in [6.07, 6.45) is 1.60. The van der Waals surface area contributed by atoms with Crippen LogP contribution in [0, 0.1) is 5.92 Å². The third-order valence-electron chi connectivity index (χ3n) is 2.92. The number of carbonyl (C=O) groups is 1. The number of hydrogen-bond donors (Lipinski definition) is 0. The van der Waals surface area contributed by atoms with Crippen LogP contribution in [-0.2, 0) is 6.42 Å². The molecule has 2 nitrogen and oxygen atoms in total. The van der Waals surface area contributed by atoms with Gasteiger partial charge < -0.3 is 4.42 Å². The van der Waals surface area contributed by atoms with Gasteiger partial charge in [-0.05, 0) is 12.0 Å². The molecule has 0 saturated carbocycles. The Balaban J connectivity index is 2.44. The minimum Gasteiger partial charge on any atom is -0.470 e. The molecule has 1 heterocycles. The van der Waals surface area contributed by atoms with E-state index in [4.69, 9.17) is 4.42 Å². The van der Waals surface area contributed by atoms with E-state index < -0.39 is 8.07 Å². The van der Waals surface area contributed by atoms with Gasteiger partial charge in [0.25, 0.3) is 0 Å². The van der Waals surface area contributed by atoms with E-state index in [0.717, 1.165) is 23.1 Å². The summed E-state index contributed by atoms with van der Waals surface area (Å²) in [4.78, 5) is 11.8. The zero-order valence-electron chi connectivity index (χ0n) is 9.89. The highest BCUT2D eigenvalue weighted by Gasteiger charge is 2.30. The first-order valence-corrected chi connectivity index (χ1v) is 9.04. The minimum absolute atomic E-state index is 0.261. The number of furan rings is 1. The third kappa shape index (κ3) is 1.93. The molecule has 2 rings (SSSR count). The maximum Gasteiger partial charge on any atom is 0.166 e. The predicted molar refractivity (Wildman–Crippen MR) is 63.5 cm³/mol. The van der Waals surface area contributed by atoms with E-state index in [1.165, 1.54) is 0 Å². The summed E-state index contributed by atoms with van der Waals surface area (Å²) in [5.41, 5.74) is 0.852. The van der Waals surface area contributed by atoms with Gasteiger partial charge in [-0.1, -0.05) is 26.6 Å². The molecule has 0 aliphatic heterocycles. The molecule has 1 aromatic rings. The Morgan fingerprint density at radius 2 is 2.00 bits per heavy atom. The summed E-state index contributed by atoms with van der Waals surface area (Å²) in [6, 6.07) is 2.00. The van der Waals surface area contributed by atoms with Gasteiger partial charge in [0.15, 0.2) is 5.78 Å². The van der Waals surface area contributed by atoms with Crippen LogP contribution in [0.3, 0.4) is 0 Å². The summed E-state index contributed by atoms with van der Waals surface area (Å²) in [7, 11) is -1.42. The lowest BCUT2D eigenvalue weighted by atomic mass is 9.89. The van der Waals surface area contributed by atoms with Crippen LogP contribution in [0.1, 0.15) is 29.5 Å². The summed E-state index contributed by atoms with van der Waals surface area (Å²) in [5.74, 6) is 1.62. The lowest BCUT2D eigenvalue weighted by Crippen LogP contribution is -2.36. The summed E-state index contributed by atoms with van der Waals surface area (Å²) >= 11 is 0. The number of fused-ring (bicyclic) bond motifs is 1. The summed E-state index contributed by atoms with van der Waals surface area (Å²) in [6.45, 7) is 8.83. The molecule has 3 heteroatoms. The summed E-state index contributed by atoms with van der Waals surface area (Å²) < 4.78 is 5.85. The zero-order valence-corrected chi connectivity index (χ0v) is 10.9. The molecule has 82 valence electrons. The second kappa shape index (κ2) is 3.34. The highest BCUT2D eigenvalue weighted by Crippen LogP contribution is 2.26. The Bertz CT molecular complexity index is 398. The van der Waals surface area contributed by atoms with Crippen molar-refractivity contribution in [1.82, 2.24) is 0 Å². The van der Waals surface area contributed by atoms with E-state index in [1.54, 1.807) is 0 Å². The summed E-state index contributed by atoms with van der Waals surface area (Å²) in [5, 5.41) is 1.06. The van der Waals surface area contributed by atoms with Crippen LogP contribution in [-0.4, -0.2) is 13.9 Å². The number of Topliss-reactive ketones (excluding diaryl/α,β-unsaturated/α-hetero) is 1. The van der Waals surface area contributed by atoms with E-state index in [-0.39, 0.29) is 5.78 Å².